The first kappa shape index (κ1) is 27.4. The molecule has 9 heteroatoms. The second kappa shape index (κ2) is 11.4. The summed E-state index contributed by atoms with van der Waals surface area (Å²) in [4.78, 5) is 29.9. The van der Waals surface area contributed by atoms with Crippen molar-refractivity contribution in [2.75, 3.05) is 30.8 Å². The van der Waals surface area contributed by atoms with Gasteiger partial charge in [0.25, 0.3) is 5.91 Å². The largest absolute Gasteiger partial charge is 0.459 e. The molecule has 1 saturated heterocycles. The Balaban J connectivity index is 1.46. The number of primary amides is 1. The molecule has 8 nitrogen and oxygen atoms in total. The van der Waals surface area contributed by atoms with Crippen LogP contribution in [0.2, 0.25) is 0 Å². The van der Waals surface area contributed by atoms with Crippen molar-refractivity contribution in [2.24, 2.45) is 11.1 Å². The van der Waals surface area contributed by atoms with Crippen LogP contribution in [0.3, 0.4) is 0 Å². The lowest BCUT2D eigenvalue weighted by molar-refractivity contribution is -0.120. The number of carbonyl (C=O) groups is 2. The van der Waals surface area contributed by atoms with Crippen LogP contribution in [0.15, 0.2) is 47.1 Å². The molecule has 2 aliphatic rings. The van der Waals surface area contributed by atoms with Crippen LogP contribution in [-0.4, -0.2) is 62.3 Å². The fourth-order valence-corrected chi connectivity index (χ4v) is 8.05. The van der Waals surface area contributed by atoms with E-state index in [9.17, 15) is 18.0 Å². The number of sulfone groups is 1. The van der Waals surface area contributed by atoms with Crippen LogP contribution in [0, 0.1) is 12.3 Å². The number of hydrogen-bond donors (Lipinski definition) is 1. The number of aryl methyl sites for hydroxylation is 1. The Morgan fingerprint density at radius 2 is 1.76 bits per heavy atom. The number of rotatable bonds is 9. The Labute approximate surface area is 220 Å². The molecule has 2 heterocycles. The number of amides is 2. The van der Waals surface area contributed by atoms with E-state index in [2.05, 4.69) is 4.90 Å². The maximum Gasteiger partial charge on any atom is 0.294 e. The zero-order valence-electron chi connectivity index (χ0n) is 21.9. The summed E-state index contributed by atoms with van der Waals surface area (Å²) in [5.74, 6) is -0.556. The number of furan rings is 1. The van der Waals surface area contributed by atoms with Gasteiger partial charge in [-0.1, -0.05) is 37.0 Å². The number of hydrogen-bond acceptors (Lipinski definition) is 6. The van der Waals surface area contributed by atoms with Crippen LogP contribution >= 0.6 is 0 Å². The molecular weight excluding hydrogens is 490 g/mol. The second-order valence-corrected chi connectivity index (χ2v) is 13.0. The Hall–Kier alpha value is -2.65. The Kier molecular flexibility index (Phi) is 8.43. The molecule has 2 fully saturated rings. The number of likely N-dealkylation sites (tertiary alicyclic amines) is 1. The molecule has 0 spiro atoms. The molecule has 2 N–H and O–H groups in total. The van der Waals surface area contributed by atoms with E-state index in [1.54, 1.807) is 12.1 Å². The molecule has 1 atom stereocenters. The van der Waals surface area contributed by atoms with E-state index in [1.807, 2.05) is 36.1 Å². The maximum absolute atomic E-state index is 13.4. The highest BCUT2D eigenvalue weighted by Gasteiger charge is 2.48. The van der Waals surface area contributed by atoms with E-state index in [1.165, 1.54) is 6.26 Å². The highest BCUT2D eigenvalue weighted by atomic mass is 32.2. The summed E-state index contributed by atoms with van der Waals surface area (Å²) < 4.78 is 30.6. The fraction of sp³-hybridized carbons (Fsp3) is 0.571. The van der Waals surface area contributed by atoms with Gasteiger partial charge in [0, 0.05) is 31.1 Å². The van der Waals surface area contributed by atoms with Crippen LogP contribution in [-0.2, 0) is 14.6 Å². The highest BCUT2D eigenvalue weighted by Crippen LogP contribution is 2.45. The Bertz CT molecular complexity index is 1160. The average Bonchev–Trinajstić information content (AvgIpc) is 3.39. The zero-order chi connectivity index (χ0) is 26.6. The van der Waals surface area contributed by atoms with Crippen LogP contribution in [0.1, 0.15) is 67.5 Å². The molecule has 1 aliphatic carbocycles. The minimum Gasteiger partial charge on any atom is -0.459 e. The van der Waals surface area contributed by atoms with E-state index in [0.717, 1.165) is 62.7 Å². The van der Waals surface area contributed by atoms with E-state index in [0.29, 0.717) is 31.6 Å². The third kappa shape index (κ3) is 6.26. The summed E-state index contributed by atoms with van der Waals surface area (Å²) >= 11 is 0. The quantitative estimate of drug-likeness (QED) is 0.526. The van der Waals surface area contributed by atoms with Crippen molar-refractivity contribution >= 4 is 27.3 Å². The zero-order valence-corrected chi connectivity index (χ0v) is 22.7. The van der Waals surface area contributed by atoms with Crippen molar-refractivity contribution in [1.82, 2.24) is 4.90 Å². The second-order valence-electron chi connectivity index (χ2n) is 10.8. The van der Waals surface area contributed by atoms with Gasteiger partial charge >= 0.3 is 0 Å². The van der Waals surface area contributed by atoms with E-state index in [4.69, 9.17) is 10.2 Å². The van der Waals surface area contributed by atoms with Gasteiger partial charge in [-0.25, -0.2) is 8.42 Å². The van der Waals surface area contributed by atoms with Crippen molar-refractivity contribution in [1.29, 1.82) is 0 Å². The standard InChI is InChI=1S/C28H39N3O5S/c1-21-8-10-22(11-9-21)31(27(33)24-7-6-20-36-24)23-12-17-30(18-13-23)19-16-28(14-4-3-5-15-28)25(26(29)32)37(2,34)35/h6-11,20,23,25H,3-5,12-19H2,1-2H3,(H2,29,32). The minimum atomic E-state index is -3.61. The number of benzene rings is 1. The smallest absolute Gasteiger partial charge is 0.294 e. The van der Waals surface area contributed by atoms with Crippen molar-refractivity contribution in [3.63, 3.8) is 0 Å². The van der Waals surface area contributed by atoms with Gasteiger partial charge in [-0.3, -0.25) is 9.59 Å². The van der Waals surface area contributed by atoms with Gasteiger partial charge in [-0.05, 0) is 75.3 Å². The lowest BCUT2D eigenvalue weighted by atomic mass is 9.69. The molecule has 1 saturated carbocycles. The summed E-state index contributed by atoms with van der Waals surface area (Å²) in [5.41, 5.74) is 7.04. The van der Waals surface area contributed by atoms with Gasteiger partial charge in [0.2, 0.25) is 5.91 Å². The minimum absolute atomic E-state index is 0.0228. The van der Waals surface area contributed by atoms with Crippen molar-refractivity contribution in [2.45, 2.75) is 69.6 Å². The van der Waals surface area contributed by atoms with Gasteiger partial charge in [0.1, 0.15) is 5.25 Å². The first-order valence-corrected chi connectivity index (χ1v) is 15.2. The third-order valence-electron chi connectivity index (χ3n) is 8.20. The first-order chi connectivity index (χ1) is 17.6. The summed E-state index contributed by atoms with van der Waals surface area (Å²) in [7, 11) is -3.61. The molecule has 1 aromatic heterocycles. The van der Waals surface area contributed by atoms with Gasteiger partial charge in [-0.15, -0.1) is 0 Å². The SMILES string of the molecule is Cc1ccc(N(C(=O)c2ccco2)C2CCN(CCC3(C(C(N)=O)S(C)(=O)=O)CCCCC3)CC2)cc1. The number of anilines is 1. The lowest BCUT2D eigenvalue weighted by Gasteiger charge is -2.44. The molecular formula is C28H39N3O5S. The van der Waals surface area contributed by atoms with Crippen molar-refractivity contribution < 1.29 is 22.4 Å². The molecule has 37 heavy (non-hydrogen) atoms. The van der Waals surface area contributed by atoms with E-state index in [-0.39, 0.29) is 11.9 Å². The Morgan fingerprint density at radius 3 is 2.30 bits per heavy atom. The number of nitrogens with zero attached hydrogens (tertiary/aromatic N) is 2. The topological polar surface area (TPSA) is 114 Å². The maximum atomic E-state index is 13.4. The average molecular weight is 530 g/mol. The van der Waals surface area contributed by atoms with Crippen molar-refractivity contribution in [3.8, 4) is 0 Å². The predicted octanol–water partition coefficient (Wildman–Crippen LogP) is 3.94. The van der Waals surface area contributed by atoms with Crippen molar-refractivity contribution in [3.05, 3.63) is 54.0 Å². The summed E-state index contributed by atoms with van der Waals surface area (Å²) in [6.45, 7) is 4.30. The molecule has 1 unspecified atom stereocenters. The molecule has 1 aromatic carbocycles. The number of nitrogens with two attached hydrogens (primary N) is 1. The lowest BCUT2D eigenvalue weighted by Crippen LogP contribution is -2.52. The van der Waals surface area contributed by atoms with E-state index < -0.39 is 26.4 Å². The molecule has 1 aliphatic heterocycles. The molecule has 202 valence electrons. The Morgan fingerprint density at radius 1 is 1.11 bits per heavy atom. The predicted molar refractivity (Wildman–Crippen MR) is 144 cm³/mol. The molecule has 2 amide bonds. The monoisotopic (exact) mass is 529 g/mol. The number of carbonyl (C=O) groups excluding carboxylic acids is 2. The van der Waals surface area contributed by atoms with Gasteiger partial charge in [-0.2, -0.15) is 0 Å². The van der Waals surface area contributed by atoms with Gasteiger partial charge in [0.05, 0.1) is 6.26 Å². The molecule has 4 rings (SSSR count). The highest BCUT2D eigenvalue weighted by molar-refractivity contribution is 7.92. The summed E-state index contributed by atoms with van der Waals surface area (Å²) in [6.07, 6.45) is 9.18. The van der Waals surface area contributed by atoms with Gasteiger partial charge < -0.3 is 20.0 Å². The molecule has 2 aromatic rings. The van der Waals surface area contributed by atoms with Crippen LogP contribution in [0.4, 0.5) is 5.69 Å². The van der Waals surface area contributed by atoms with E-state index >= 15 is 0 Å². The van der Waals surface area contributed by atoms with Crippen LogP contribution < -0.4 is 10.6 Å². The van der Waals surface area contributed by atoms with Crippen LogP contribution in [0.5, 0.6) is 0 Å². The first-order valence-electron chi connectivity index (χ1n) is 13.2. The third-order valence-corrected chi connectivity index (χ3v) is 9.79. The molecule has 0 bridgehead atoms. The van der Waals surface area contributed by atoms with Gasteiger partial charge in [0.15, 0.2) is 15.6 Å². The summed E-state index contributed by atoms with van der Waals surface area (Å²) in [6, 6.07) is 11.4. The fourth-order valence-electron chi connectivity index (χ4n) is 6.37. The summed E-state index contributed by atoms with van der Waals surface area (Å²) in [5, 5.41) is -1.14. The molecule has 0 radical (unpaired) electrons. The normalized spacial score (nSPS) is 19.8. The number of piperidine rings is 1. The van der Waals surface area contributed by atoms with Crippen LogP contribution in [0.25, 0.3) is 0 Å².